The van der Waals surface area contributed by atoms with Crippen molar-refractivity contribution in [2.24, 2.45) is 0 Å². The fraction of sp³-hybridized carbons (Fsp3) is 0.0909. The average molecular weight is 236 g/mol. The molecule has 0 atom stereocenters. The molecule has 0 bridgehead atoms. The summed E-state index contributed by atoms with van der Waals surface area (Å²) in [4.78, 5) is 17.8. The molecule has 0 aliphatic heterocycles. The number of aromatic amines is 1. The number of H-pyrrole nitrogens is 1. The summed E-state index contributed by atoms with van der Waals surface area (Å²) >= 11 is 5.91. The predicted octanol–water partition coefficient (Wildman–Crippen LogP) is 1.98. The van der Waals surface area contributed by atoms with Crippen molar-refractivity contribution in [1.29, 1.82) is 0 Å². The SMILES string of the molecule is Cc1ccccc1-c1nc(N)[nH]c(=O)c1Cl. The zero-order valence-electron chi connectivity index (χ0n) is 8.62. The van der Waals surface area contributed by atoms with Gasteiger partial charge in [-0.25, -0.2) is 4.98 Å². The number of nitrogen functional groups attached to an aromatic ring is 1. The van der Waals surface area contributed by atoms with Gasteiger partial charge >= 0.3 is 0 Å². The van der Waals surface area contributed by atoms with Crippen molar-refractivity contribution in [3.8, 4) is 11.3 Å². The molecule has 2 rings (SSSR count). The van der Waals surface area contributed by atoms with Crippen molar-refractivity contribution in [3.05, 3.63) is 45.2 Å². The Morgan fingerprint density at radius 1 is 1.38 bits per heavy atom. The Labute approximate surface area is 97.1 Å². The number of nitrogens with one attached hydrogen (secondary N) is 1. The summed E-state index contributed by atoms with van der Waals surface area (Å²) in [7, 11) is 0. The summed E-state index contributed by atoms with van der Waals surface area (Å²) in [5, 5.41) is 0.0588. The van der Waals surface area contributed by atoms with Crippen LogP contribution in [0.4, 0.5) is 5.95 Å². The number of halogens is 1. The maximum Gasteiger partial charge on any atom is 0.271 e. The second-order valence-corrected chi connectivity index (χ2v) is 3.81. The van der Waals surface area contributed by atoms with E-state index in [9.17, 15) is 4.79 Å². The van der Waals surface area contributed by atoms with E-state index in [0.717, 1.165) is 11.1 Å². The molecule has 4 nitrogen and oxygen atoms in total. The van der Waals surface area contributed by atoms with Crippen LogP contribution in [0.3, 0.4) is 0 Å². The normalized spacial score (nSPS) is 10.4. The molecule has 82 valence electrons. The highest BCUT2D eigenvalue weighted by atomic mass is 35.5. The molecule has 1 heterocycles. The average Bonchev–Trinajstić information content (AvgIpc) is 2.24. The van der Waals surface area contributed by atoms with E-state index < -0.39 is 5.56 Å². The monoisotopic (exact) mass is 235 g/mol. The van der Waals surface area contributed by atoms with Crippen LogP contribution in [0.2, 0.25) is 5.02 Å². The highest BCUT2D eigenvalue weighted by Crippen LogP contribution is 2.25. The summed E-state index contributed by atoms with van der Waals surface area (Å²) < 4.78 is 0. The second-order valence-electron chi connectivity index (χ2n) is 3.43. The quantitative estimate of drug-likeness (QED) is 0.794. The molecule has 0 fully saturated rings. The van der Waals surface area contributed by atoms with Gasteiger partial charge in [0.1, 0.15) is 5.02 Å². The zero-order valence-corrected chi connectivity index (χ0v) is 9.38. The Kier molecular flexibility index (Phi) is 2.66. The van der Waals surface area contributed by atoms with Crippen molar-refractivity contribution in [2.75, 3.05) is 5.73 Å². The number of hydrogen-bond donors (Lipinski definition) is 2. The van der Waals surface area contributed by atoms with Crippen LogP contribution < -0.4 is 11.3 Å². The third-order valence-corrected chi connectivity index (χ3v) is 2.63. The number of nitrogens with two attached hydrogens (primary N) is 1. The number of nitrogens with zero attached hydrogens (tertiary/aromatic N) is 1. The highest BCUT2D eigenvalue weighted by Gasteiger charge is 2.11. The van der Waals surface area contributed by atoms with Gasteiger partial charge in [0.05, 0.1) is 5.69 Å². The number of hydrogen-bond acceptors (Lipinski definition) is 3. The molecule has 0 aliphatic rings. The molecule has 0 amide bonds. The first kappa shape index (κ1) is 10.7. The molecular formula is C11H10ClN3O. The molecule has 0 saturated heterocycles. The maximum atomic E-state index is 11.4. The van der Waals surface area contributed by atoms with Gasteiger partial charge in [0.25, 0.3) is 5.56 Å². The van der Waals surface area contributed by atoms with Crippen molar-refractivity contribution in [1.82, 2.24) is 9.97 Å². The van der Waals surface area contributed by atoms with E-state index in [-0.39, 0.29) is 11.0 Å². The molecule has 3 N–H and O–H groups in total. The fourth-order valence-electron chi connectivity index (χ4n) is 1.49. The van der Waals surface area contributed by atoms with Crippen molar-refractivity contribution in [2.45, 2.75) is 6.92 Å². The van der Waals surface area contributed by atoms with E-state index in [1.807, 2.05) is 31.2 Å². The summed E-state index contributed by atoms with van der Waals surface area (Å²) in [6, 6.07) is 7.54. The summed E-state index contributed by atoms with van der Waals surface area (Å²) in [5.41, 5.74) is 7.28. The fourth-order valence-corrected chi connectivity index (χ4v) is 1.68. The van der Waals surface area contributed by atoms with E-state index in [2.05, 4.69) is 9.97 Å². The lowest BCUT2D eigenvalue weighted by molar-refractivity contribution is 1.14. The van der Waals surface area contributed by atoms with Gasteiger partial charge in [-0.05, 0) is 12.5 Å². The van der Waals surface area contributed by atoms with Gasteiger partial charge in [-0.15, -0.1) is 0 Å². The Bertz CT molecular complexity index is 592. The Hall–Kier alpha value is -1.81. The van der Waals surface area contributed by atoms with Gasteiger partial charge < -0.3 is 5.73 Å². The van der Waals surface area contributed by atoms with Crippen LogP contribution in [0.25, 0.3) is 11.3 Å². The molecule has 0 spiro atoms. The van der Waals surface area contributed by atoms with Gasteiger partial charge in [0, 0.05) is 5.56 Å². The Morgan fingerprint density at radius 2 is 2.06 bits per heavy atom. The summed E-state index contributed by atoms with van der Waals surface area (Å²) in [5.74, 6) is 0.0626. The van der Waals surface area contributed by atoms with Crippen LogP contribution >= 0.6 is 11.6 Å². The zero-order chi connectivity index (χ0) is 11.7. The summed E-state index contributed by atoms with van der Waals surface area (Å²) in [6.07, 6.45) is 0. The van der Waals surface area contributed by atoms with Gasteiger partial charge in [0.15, 0.2) is 0 Å². The molecule has 0 unspecified atom stereocenters. The van der Waals surface area contributed by atoms with E-state index in [1.165, 1.54) is 0 Å². The minimum absolute atomic E-state index is 0.0588. The minimum atomic E-state index is -0.424. The molecule has 1 aromatic heterocycles. The van der Waals surface area contributed by atoms with E-state index >= 15 is 0 Å². The van der Waals surface area contributed by atoms with Crippen LogP contribution in [0.15, 0.2) is 29.1 Å². The van der Waals surface area contributed by atoms with Crippen LogP contribution in [0.1, 0.15) is 5.56 Å². The van der Waals surface area contributed by atoms with E-state index in [1.54, 1.807) is 0 Å². The number of benzene rings is 1. The van der Waals surface area contributed by atoms with Crippen molar-refractivity contribution < 1.29 is 0 Å². The molecule has 1 aromatic carbocycles. The van der Waals surface area contributed by atoms with E-state index in [0.29, 0.717) is 5.69 Å². The molecular weight excluding hydrogens is 226 g/mol. The van der Waals surface area contributed by atoms with Crippen molar-refractivity contribution in [3.63, 3.8) is 0 Å². The van der Waals surface area contributed by atoms with Crippen LogP contribution in [-0.4, -0.2) is 9.97 Å². The molecule has 16 heavy (non-hydrogen) atoms. The molecule has 0 radical (unpaired) electrons. The topological polar surface area (TPSA) is 71.8 Å². The Morgan fingerprint density at radius 3 is 2.75 bits per heavy atom. The van der Waals surface area contributed by atoms with Crippen LogP contribution in [0, 0.1) is 6.92 Å². The van der Waals surface area contributed by atoms with Gasteiger partial charge in [-0.1, -0.05) is 35.9 Å². The highest BCUT2D eigenvalue weighted by molar-refractivity contribution is 6.32. The first-order valence-corrected chi connectivity index (χ1v) is 5.08. The first-order chi connectivity index (χ1) is 7.59. The number of rotatable bonds is 1. The van der Waals surface area contributed by atoms with Crippen LogP contribution in [-0.2, 0) is 0 Å². The molecule has 5 heteroatoms. The number of aromatic nitrogens is 2. The lowest BCUT2D eigenvalue weighted by Crippen LogP contribution is -2.13. The standard InChI is InChI=1S/C11H10ClN3O/c1-6-4-2-3-5-7(6)9-8(12)10(16)15-11(13)14-9/h2-5H,1H3,(H3,13,14,15,16). The van der Waals surface area contributed by atoms with E-state index in [4.69, 9.17) is 17.3 Å². The van der Waals surface area contributed by atoms with Gasteiger partial charge in [-0.3, -0.25) is 9.78 Å². The Balaban J connectivity index is 2.74. The molecule has 0 aliphatic carbocycles. The summed E-state index contributed by atoms with van der Waals surface area (Å²) in [6.45, 7) is 1.92. The van der Waals surface area contributed by atoms with Gasteiger partial charge in [0.2, 0.25) is 5.95 Å². The molecule has 0 saturated carbocycles. The lowest BCUT2D eigenvalue weighted by Gasteiger charge is -2.06. The third-order valence-electron chi connectivity index (χ3n) is 2.28. The van der Waals surface area contributed by atoms with Crippen molar-refractivity contribution >= 4 is 17.5 Å². The third kappa shape index (κ3) is 1.79. The number of aryl methyl sites for hydroxylation is 1. The second kappa shape index (κ2) is 3.98. The maximum absolute atomic E-state index is 11.4. The van der Waals surface area contributed by atoms with Crippen LogP contribution in [0.5, 0.6) is 0 Å². The number of anilines is 1. The smallest absolute Gasteiger partial charge is 0.271 e. The first-order valence-electron chi connectivity index (χ1n) is 4.71. The predicted molar refractivity (Wildman–Crippen MR) is 64.5 cm³/mol. The molecule has 2 aromatic rings. The van der Waals surface area contributed by atoms with Gasteiger partial charge in [-0.2, -0.15) is 0 Å². The minimum Gasteiger partial charge on any atom is -0.369 e. The lowest BCUT2D eigenvalue weighted by atomic mass is 10.1. The largest absolute Gasteiger partial charge is 0.369 e.